The molecule has 3 rings (SSSR count). The molecule has 0 bridgehead atoms. The number of carbonyl (C=O) groups is 2. The maximum Gasteiger partial charge on any atom is 0.339 e. The highest BCUT2D eigenvalue weighted by Crippen LogP contribution is 2.29. The van der Waals surface area contributed by atoms with Crippen LogP contribution in [0.4, 0.5) is 5.69 Å². The molecule has 0 unspecified atom stereocenters. The number of para-hydroxylation sites is 1. The van der Waals surface area contributed by atoms with Crippen molar-refractivity contribution in [3.63, 3.8) is 0 Å². The maximum absolute atomic E-state index is 12.7. The highest BCUT2D eigenvalue weighted by Gasteiger charge is 2.21. The van der Waals surface area contributed by atoms with Gasteiger partial charge in [0.2, 0.25) is 0 Å². The van der Waals surface area contributed by atoms with E-state index in [2.05, 4.69) is 5.32 Å². The molecule has 3 aromatic rings. The number of methoxy groups -OCH3 is 1. The molecule has 0 aliphatic rings. The third-order valence-corrected chi connectivity index (χ3v) is 4.62. The molecule has 0 spiro atoms. The van der Waals surface area contributed by atoms with Gasteiger partial charge in [0.05, 0.1) is 19.3 Å². The van der Waals surface area contributed by atoms with Gasteiger partial charge in [-0.05, 0) is 43.7 Å². The molecule has 0 fully saturated rings. The predicted octanol–water partition coefficient (Wildman–Crippen LogP) is 4.94. The number of esters is 1. The van der Waals surface area contributed by atoms with Crippen molar-refractivity contribution in [3.05, 3.63) is 78.4 Å². The molecule has 1 atom stereocenters. The van der Waals surface area contributed by atoms with E-state index in [9.17, 15) is 9.59 Å². The van der Waals surface area contributed by atoms with Gasteiger partial charge in [0.15, 0.2) is 17.6 Å². The molecule has 0 saturated heterocycles. The minimum absolute atomic E-state index is 0.272. The monoisotopic (exact) mass is 419 g/mol. The van der Waals surface area contributed by atoms with Gasteiger partial charge >= 0.3 is 5.97 Å². The van der Waals surface area contributed by atoms with E-state index >= 15 is 0 Å². The normalized spacial score (nSPS) is 11.3. The molecule has 3 aromatic carbocycles. The van der Waals surface area contributed by atoms with Gasteiger partial charge in [-0.15, -0.1) is 0 Å². The van der Waals surface area contributed by atoms with Gasteiger partial charge in [-0.25, -0.2) is 4.79 Å². The standard InChI is InChI=1S/C25H25NO5/c1-4-30-23-16-19(14-15-22(23)29-3)25(28)31-17(2)24(27)26-21-13-9-8-12-20(21)18-10-6-5-7-11-18/h5-17H,4H2,1-3H3,(H,26,27)/t17-/m1/s1. The van der Waals surface area contributed by atoms with Gasteiger partial charge in [-0.1, -0.05) is 48.5 Å². The molecule has 31 heavy (non-hydrogen) atoms. The first-order chi connectivity index (χ1) is 15.0. The van der Waals surface area contributed by atoms with Gasteiger partial charge in [0.25, 0.3) is 5.91 Å². The summed E-state index contributed by atoms with van der Waals surface area (Å²) in [4.78, 5) is 25.3. The van der Waals surface area contributed by atoms with Crippen LogP contribution < -0.4 is 14.8 Å². The van der Waals surface area contributed by atoms with E-state index in [4.69, 9.17) is 14.2 Å². The lowest BCUT2D eigenvalue weighted by atomic mass is 10.0. The average Bonchev–Trinajstić information content (AvgIpc) is 2.80. The van der Waals surface area contributed by atoms with Crippen LogP contribution in [0.15, 0.2) is 72.8 Å². The summed E-state index contributed by atoms with van der Waals surface area (Å²) in [5.41, 5.74) is 2.77. The van der Waals surface area contributed by atoms with Gasteiger partial charge in [-0.3, -0.25) is 4.79 Å². The molecule has 0 radical (unpaired) electrons. The van der Waals surface area contributed by atoms with Crippen molar-refractivity contribution in [1.82, 2.24) is 0 Å². The van der Waals surface area contributed by atoms with E-state index in [1.807, 2.05) is 61.5 Å². The second kappa shape index (κ2) is 10.3. The first-order valence-corrected chi connectivity index (χ1v) is 10.0. The molecule has 6 nitrogen and oxygen atoms in total. The molecule has 0 aliphatic heterocycles. The van der Waals surface area contributed by atoms with E-state index in [0.29, 0.717) is 23.8 Å². The number of amides is 1. The van der Waals surface area contributed by atoms with E-state index in [0.717, 1.165) is 11.1 Å². The summed E-state index contributed by atoms with van der Waals surface area (Å²) in [6.07, 6.45) is -0.992. The fraction of sp³-hybridized carbons (Fsp3) is 0.200. The highest BCUT2D eigenvalue weighted by molar-refractivity contribution is 6.00. The Balaban J connectivity index is 1.71. The smallest absolute Gasteiger partial charge is 0.339 e. The lowest BCUT2D eigenvalue weighted by molar-refractivity contribution is -0.123. The van der Waals surface area contributed by atoms with E-state index in [1.54, 1.807) is 18.2 Å². The largest absolute Gasteiger partial charge is 0.493 e. The number of hydrogen-bond acceptors (Lipinski definition) is 5. The zero-order valence-corrected chi connectivity index (χ0v) is 17.8. The van der Waals surface area contributed by atoms with Crippen LogP contribution in [0.25, 0.3) is 11.1 Å². The van der Waals surface area contributed by atoms with Gasteiger partial charge in [0.1, 0.15) is 0 Å². The van der Waals surface area contributed by atoms with Crippen molar-refractivity contribution in [2.24, 2.45) is 0 Å². The van der Waals surface area contributed by atoms with Gasteiger partial charge in [0, 0.05) is 11.3 Å². The Bertz CT molecular complexity index is 1050. The first-order valence-electron chi connectivity index (χ1n) is 10.0. The third-order valence-electron chi connectivity index (χ3n) is 4.62. The van der Waals surface area contributed by atoms with Gasteiger partial charge in [-0.2, -0.15) is 0 Å². The molecule has 0 aliphatic carbocycles. The Morgan fingerprint density at radius 2 is 1.65 bits per heavy atom. The van der Waals surface area contributed by atoms with E-state index in [-0.39, 0.29) is 5.56 Å². The van der Waals surface area contributed by atoms with Crippen molar-refractivity contribution in [2.75, 3.05) is 19.0 Å². The van der Waals surface area contributed by atoms with Crippen molar-refractivity contribution < 1.29 is 23.8 Å². The number of rotatable bonds is 8. The quantitative estimate of drug-likeness (QED) is 0.523. The van der Waals surface area contributed by atoms with Crippen LogP contribution in [0, 0.1) is 0 Å². The minimum Gasteiger partial charge on any atom is -0.493 e. The maximum atomic E-state index is 12.7. The number of benzene rings is 3. The fourth-order valence-corrected chi connectivity index (χ4v) is 3.05. The SMILES string of the molecule is CCOc1cc(C(=O)O[C@H](C)C(=O)Nc2ccccc2-c2ccccc2)ccc1OC. The van der Waals surface area contributed by atoms with Crippen molar-refractivity contribution in [2.45, 2.75) is 20.0 Å². The zero-order valence-electron chi connectivity index (χ0n) is 17.8. The molecule has 6 heteroatoms. The van der Waals surface area contributed by atoms with E-state index < -0.39 is 18.0 Å². The van der Waals surface area contributed by atoms with Crippen molar-refractivity contribution in [1.29, 1.82) is 0 Å². The number of nitrogens with one attached hydrogen (secondary N) is 1. The molecule has 1 N–H and O–H groups in total. The number of hydrogen-bond donors (Lipinski definition) is 1. The molecular formula is C25H25NO5. The van der Waals surface area contributed by atoms with Crippen LogP contribution in [0.3, 0.4) is 0 Å². The summed E-state index contributed by atoms with van der Waals surface area (Å²) in [7, 11) is 1.52. The topological polar surface area (TPSA) is 73.9 Å². The van der Waals surface area contributed by atoms with Crippen molar-refractivity contribution >= 4 is 17.6 Å². The molecule has 1 amide bonds. The van der Waals surface area contributed by atoms with Crippen LogP contribution in [-0.2, 0) is 9.53 Å². The summed E-state index contributed by atoms with van der Waals surface area (Å²) in [6.45, 7) is 3.80. The number of carbonyl (C=O) groups excluding carboxylic acids is 2. The van der Waals surface area contributed by atoms with Gasteiger partial charge < -0.3 is 19.5 Å². The molecule has 0 heterocycles. The Kier molecular flexibility index (Phi) is 7.27. The second-order valence-electron chi connectivity index (χ2n) is 6.75. The van der Waals surface area contributed by atoms with E-state index in [1.165, 1.54) is 14.0 Å². The molecule has 0 saturated carbocycles. The van der Waals surface area contributed by atoms with Crippen LogP contribution in [0.5, 0.6) is 11.5 Å². The Morgan fingerprint density at radius 1 is 0.935 bits per heavy atom. The highest BCUT2D eigenvalue weighted by atomic mass is 16.5. The molecule has 160 valence electrons. The zero-order chi connectivity index (χ0) is 22.2. The van der Waals surface area contributed by atoms with Crippen LogP contribution in [-0.4, -0.2) is 31.7 Å². The third kappa shape index (κ3) is 5.42. The average molecular weight is 419 g/mol. The summed E-state index contributed by atoms with van der Waals surface area (Å²) in [6, 6.07) is 22.0. The van der Waals surface area contributed by atoms with Crippen LogP contribution in [0.2, 0.25) is 0 Å². The summed E-state index contributed by atoms with van der Waals surface area (Å²) < 4.78 is 16.1. The molecular weight excluding hydrogens is 394 g/mol. The Morgan fingerprint density at radius 3 is 2.35 bits per heavy atom. The van der Waals surface area contributed by atoms with Crippen LogP contribution >= 0.6 is 0 Å². The minimum atomic E-state index is -0.992. The molecule has 0 aromatic heterocycles. The Hall–Kier alpha value is -3.80. The summed E-state index contributed by atoms with van der Waals surface area (Å²) >= 11 is 0. The number of ether oxygens (including phenoxy) is 3. The lowest BCUT2D eigenvalue weighted by Gasteiger charge is -2.16. The second-order valence-corrected chi connectivity index (χ2v) is 6.75. The Labute approximate surface area is 181 Å². The fourth-order valence-electron chi connectivity index (χ4n) is 3.05. The van der Waals surface area contributed by atoms with Crippen molar-refractivity contribution in [3.8, 4) is 22.6 Å². The lowest BCUT2D eigenvalue weighted by Crippen LogP contribution is -2.30. The number of anilines is 1. The summed E-state index contributed by atoms with van der Waals surface area (Å²) in [5, 5.41) is 2.85. The first kappa shape index (κ1) is 21.9. The van der Waals surface area contributed by atoms with Crippen LogP contribution in [0.1, 0.15) is 24.2 Å². The predicted molar refractivity (Wildman–Crippen MR) is 120 cm³/mol. The summed E-state index contributed by atoms with van der Waals surface area (Å²) in [5.74, 6) is -0.0899.